The third-order valence-corrected chi connectivity index (χ3v) is 2.98. The molecule has 0 bridgehead atoms. The quantitative estimate of drug-likeness (QED) is 0.803. The van der Waals surface area contributed by atoms with Crippen molar-refractivity contribution in [3.63, 3.8) is 0 Å². The van der Waals surface area contributed by atoms with Crippen LogP contribution in [0.5, 0.6) is 0 Å². The summed E-state index contributed by atoms with van der Waals surface area (Å²) < 4.78 is 0. The van der Waals surface area contributed by atoms with Crippen molar-refractivity contribution in [2.75, 3.05) is 18.0 Å². The minimum Gasteiger partial charge on any atom is -0.478 e. The third-order valence-electron chi connectivity index (χ3n) is 2.98. The number of hydrogen-bond acceptors (Lipinski definition) is 4. The van der Waals surface area contributed by atoms with E-state index in [0.717, 1.165) is 13.1 Å². The molecule has 92 valence electrons. The average Bonchev–Trinajstić information content (AvgIpc) is 2.29. The molecule has 1 aromatic rings. The van der Waals surface area contributed by atoms with E-state index in [1.165, 1.54) is 0 Å². The monoisotopic (exact) mass is 236 g/mol. The van der Waals surface area contributed by atoms with Gasteiger partial charge >= 0.3 is 5.97 Å². The maximum absolute atomic E-state index is 11.0. The van der Waals surface area contributed by atoms with Crippen LogP contribution in [0, 0.1) is 6.92 Å². The third kappa shape index (κ3) is 2.74. The lowest BCUT2D eigenvalue weighted by Gasteiger charge is -2.30. The summed E-state index contributed by atoms with van der Waals surface area (Å²) >= 11 is 0. The number of aromatic nitrogens is 1. The number of carboxylic acid groups (broad SMARTS) is 1. The van der Waals surface area contributed by atoms with Crippen molar-refractivity contribution < 1.29 is 15.0 Å². The predicted molar refractivity (Wildman–Crippen MR) is 63.4 cm³/mol. The van der Waals surface area contributed by atoms with Crippen molar-refractivity contribution in [3.05, 3.63) is 23.4 Å². The van der Waals surface area contributed by atoms with Crippen molar-refractivity contribution in [2.45, 2.75) is 25.9 Å². The van der Waals surface area contributed by atoms with E-state index >= 15 is 0 Å². The molecule has 0 aromatic carbocycles. The van der Waals surface area contributed by atoms with Gasteiger partial charge in [0.15, 0.2) is 0 Å². The van der Waals surface area contributed by atoms with Crippen LogP contribution in [0.25, 0.3) is 0 Å². The fourth-order valence-electron chi connectivity index (χ4n) is 2.03. The number of aliphatic hydroxyl groups excluding tert-OH is 1. The number of anilines is 1. The molecule has 2 rings (SSSR count). The van der Waals surface area contributed by atoms with E-state index in [9.17, 15) is 9.90 Å². The fraction of sp³-hybridized carbons (Fsp3) is 0.500. The van der Waals surface area contributed by atoms with Gasteiger partial charge in [-0.3, -0.25) is 0 Å². The molecule has 1 aliphatic rings. The highest BCUT2D eigenvalue weighted by Crippen LogP contribution is 2.20. The molecule has 1 aromatic heterocycles. The van der Waals surface area contributed by atoms with Crippen LogP contribution < -0.4 is 4.90 Å². The zero-order chi connectivity index (χ0) is 12.4. The zero-order valence-corrected chi connectivity index (χ0v) is 9.76. The molecular formula is C12H16N2O3. The lowest BCUT2D eigenvalue weighted by Crippen LogP contribution is -2.36. The Morgan fingerprint density at radius 1 is 1.41 bits per heavy atom. The lowest BCUT2D eigenvalue weighted by molar-refractivity contribution is 0.0696. The second kappa shape index (κ2) is 4.71. The normalized spacial score (nSPS) is 17.2. The smallest absolute Gasteiger partial charge is 0.335 e. The Kier molecular flexibility index (Phi) is 3.28. The Morgan fingerprint density at radius 3 is 2.65 bits per heavy atom. The van der Waals surface area contributed by atoms with Gasteiger partial charge in [0.2, 0.25) is 0 Å². The Labute approximate surface area is 99.7 Å². The van der Waals surface area contributed by atoms with Crippen LogP contribution >= 0.6 is 0 Å². The number of aromatic carboxylic acids is 1. The maximum Gasteiger partial charge on any atom is 0.335 e. The maximum atomic E-state index is 11.0. The lowest BCUT2D eigenvalue weighted by atomic mass is 10.1. The highest BCUT2D eigenvalue weighted by molar-refractivity contribution is 5.88. The molecule has 0 spiro atoms. The van der Waals surface area contributed by atoms with E-state index in [4.69, 9.17) is 5.11 Å². The molecule has 0 saturated carbocycles. The van der Waals surface area contributed by atoms with Crippen LogP contribution in [-0.2, 0) is 0 Å². The number of hydrogen-bond donors (Lipinski definition) is 2. The molecule has 1 saturated heterocycles. The Morgan fingerprint density at radius 2 is 2.06 bits per heavy atom. The van der Waals surface area contributed by atoms with Crippen LogP contribution in [-0.4, -0.2) is 40.4 Å². The van der Waals surface area contributed by atoms with Gasteiger partial charge in [-0.2, -0.15) is 0 Å². The number of pyridine rings is 1. The number of nitrogens with zero attached hydrogens (tertiary/aromatic N) is 2. The summed E-state index contributed by atoms with van der Waals surface area (Å²) in [6.45, 7) is 3.22. The highest BCUT2D eigenvalue weighted by Gasteiger charge is 2.19. The molecule has 0 aliphatic carbocycles. The summed E-state index contributed by atoms with van der Waals surface area (Å²) in [6, 6.07) is 3.15. The first-order chi connectivity index (χ1) is 8.06. The van der Waals surface area contributed by atoms with Gasteiger partial charge in [0.25, 0.3) is 0 Å². The predicted octanol–water partition coefficient (Wildman–Crippen LogP) is 1.05. The summed E-state index contributed by atoms with van der Waals surface area (Å²) in [5.74, 6) is -0.247. The minimum absolute atomic E-state index is 0.241. The van der Waals surface area contributed by atoms with E-state index in [2.05, 4.69) is 4.98 Å². The molecule has 0 unspecified atom stereocenters. The van der Waals surface area contributed by atoms with E-state index in [-0.39, 0.29) is 11.7 Å². The van der Waals surface area contributed by atoms with Gasteiger partial charge in [0.05, 0.1) is 11.7 Å². The summed E-state index contributed by atoms with van der Waals surface area (Å²) in [6.07, 6.45) is 1.17. The largest absolute Gasteiger partial charge is 0.478 e. The van der Waals surface area contributed by atoms with Crippen molar-refractivity contribution >= 4 is 11.8 Å². The van der Waals surface area contributed by atoms with Crippen LogP contribution in [0.3, 0.4) is 0 Å². The number of rotatable bonds is 2. The van der Waals surface area contributed by atoms with Gasteiger partial charge < -0.3 is 15.1 Å². The number of piperidine rings is 1. The SMILES string of the molecule is Cc1cc(C(=O)O)cc(N2CCC(O)CC2)n1. The first kappa shape index (κ1) is 11.9. The van der Waals surface area contributed by atoms with E-state index < -0.39 is 5.97 Å². The van der Waals surface area contributed by atoms with Crippen LogP contribution in [0.4, 0.5) is 5.82 Å². The summed E-state index contributed by atoms with van der Waals surface area (Å²) in [7, 11) is 0. The Bertz CT molecular complexity index is 426. The Balaban J connectivity index is 2.23. The fourth-order valence-corrected chi connectivity index (χ4v) is 2.03. The molecule has 0 radical (unpaired) electrons. The number of carboxylic acids is 1. The molecule has 0 amide bonds. The molecule has 5 nitrogen and oxygen atoms in total. The first-order valence-electron chi connectivity index (χ1n) is 5.71. The molecule has 2 N–H and O–H groups in total. The van der Waals surface area contributed by atoms with Gasteiger partial charge in [0, 0.05) is 18.8 Å². The Hall–Kier alpha value is -1.62. The van der Waals surface area contributed by atoms with E-state index in [1.807, 2.05) is 4.90 Å². The van der Waals surface area contributed by atoms with Gasteiger partial charge in [0.1, 0.15) is 5.82 Å². The van der Waals surface area contributed by atoms with Crippen molar-refractivity contribution in [1.82, 2.24) is 4.98 Å². The van der Waals surface area contributed by atoms with Gasteiger partial charge in [-0.15, -0.1) is 0 Å². The number of aliphatic hydroxyl groups is 1. The molecule has 1 aliphatic heterocycles. The van der Waals surface area contributed by atoms with Crippen LogP contribution in [0.15, 0.2) is 12.1 Å². The van der Waals surface area contributed by atoms with E-state index in [1.54, 1.807) is 19.1 Å². The van der Waals surface area contributed by atoms with E-state index in [0.29, 0.717) is 24.4 Å². The second-order valence-electron chi connectivity index (χ2n) is 4.38. The van der Waals surface area contributed by atoms with Crippen molar-refractivity contribution in [1.29, 1.82) is 0 Å². The zero-order valence-electron chi connectivity index (χ0n) is 9.76. The van der Waals surface area contributed by atoms with Crippen molar-refractivity contribution in [3.8, 4) is 0 Å². The standard InChI is InChI=1S/C12H16N2O3/c1-8-6-9(12(16)17)7-11(13-8)14-4-2-10(15)3-5-14/h6-7,10,15H,2-5H2,1H3,(H,16,17). The number of aryl methyl sites for hydroxylation is 1. The average molecular weight is 236 g/mol. The van der Waals surface area contributed by atoms with Gasteiger partial charge in [-0.1, -0.05) is 0 Å². The summed E-state index contributed by atoms with van der Waals surface area (Å²) in [5.41, 5.74) is 0.963. The minimum atomic E-state index is -0.936. The topological polar surface area (TPSA) is 73.7 Å². The van der Waals surface area contributed by atoms with Gasteiger partial charge in [-0.05, 0) is 31.9 Å². The van der Waals surface area contributed by atoms with Gasteiger partial charge in [-0.25, -0.2) is 9.78 Å². The molecule has 2 heterocycles. The number of carbonyl (C=O) groups is 1. The van der Waals surface area contributed by atoms with Crippen molar-refractivity contribution in [2.24, 2.45) is 0 Å². The van der Waals surface area contributed by atoms with Crippen LogP contribution in [0.1, 0.15) is 28.9 Å². The molecule has 5 heteroatoms. The molecule has 17 heavy (non-hydrogen) atoms. The highest BCUT2D eigenvalue weighted by atomic mass is 16.4. The molecule has 1 fully saturated rings. The summed E-state index contributed by atoms with van der Waals surface area (Å²) in [5, 5.41) is 18.4. The summed E-state index contributed by atoms with van der Waals surface area (Å²) in [4.78, 5) is 17.3. The first-order valence-corrected chi connectivity index (χ1v) is 5.71. The molecular weight excluding hydrogens is 220 g/mol. The van der Waals surface area contributed by atoms with Crippen LogP contribution in [0.2, 0.25) is 0 Å². The second-order valence-corrected chi connectivity index (χ2v) is 4.38. The molecule has 0 atom stereocenters.